The van der Waals surface area contributed by atoms with Crippen LogP contribution >= 0.6 is 22.9 Å². The van der Waals surface area contributed by atoms with Gasteiger partial charge < -0.3 is 4.90 Å². The molecule has 0 bridgehead atoms. The van der Waals surface area contributed by atoms with Crippen molar-refractivity contribution < 1.29 is 4.79 Å². The van der Waals surface area contributed by atoms with Crippen LogP contribution in [0.25, 0.3) is 10.2 Å². The highest BCUT2D eigenvalue weighted by molar-refractivity contribution is 7.18. The molecule has 1 atom stereocenters. The van der Waals surface area contributed by atoms with Gasteiger partial charge in [0, 0.05) is 18.8 Å². The smallest absolute Gasteiger partial charge is 0.254 e. The monoisotopic (exact) mass is 331 g/mol. The first-order valence-electron chi connectivity index (χ1n) is 6.80. The lowest BCUT2D eigenvalue weighted by Crippen LogP contribution is -2.29. The van der Waals surface area contributed by atoms with Crippen molar-refractivity contribution >= 4 is 39.1 Å². The van der Waals surface area contributed by atoms with Crippen LogP contribution in [0, 0.1) is 0 Å². The van der Waals surface area contributed by atoms with Crippen LogP contribution in [0.5, 0.6) is 0 Å². The molecule has 0 N–H and O–H groups in total. The third-order valence-electron chi connectivity index (χ3n) is 3.54. The van der Waals surface area contributed by atoms with Crippen LogP contribution in [-0.4, -0.2) is 27.8 Å². The number of thiazole rings is 1. The lowest BCUT2D eigenvalue weighted by atomic mass is 10.2. The molecule has 2 aromatic heterocycles. The number of hydrogen-bond acceptors (Lipinski definition) is 4. The Morgan fingerprint density at radius 2 is 2.09 bits per heavy atom. The molecule has 0 unspecified atom stereocenters. The van der Waals surface area contributed by atoms with Crippen molar-refractivity contribution in [3.8, 4) is 0 Å². The van der Waals surface area contributed by atoms with Crippen LogP contribution in [0.2, 0.25) is 5.15 Å². The normalized spacial score (nSPS) is 12.3. The number of benzene rings is 1. The van der Waals surface area contributed by atoms with Crippen molar-refractivity contribution in [2.45, 2.75) is 13.0 Å². The number of aromatic nitrogens is 2. The van der Waals surface area contributed by atoms with Gasteiger partial charge in [0.2, 0.25) is 0 Å². The van der Waals surface area contributed by atoms with E-state index in [0.717, 1.165) is 15.2 Å². The van der Waals surface area contributed by atoms with E-state index in [9.17, 15) is 4.79 Å². The number of fused-ring (bicyclic) bond motifs is 1. The summed E-state index contributed by atoms with van der Waals surface area (Å²) < 4.78 is 1.12. The molecular formula is C16H14ClN3OS. The third kappa shape index (κ3) is 2.82. The van der Waals surface area contributed by atoms with Crippen molar-refractivity contribution in [2.75, 3.05) is 7.05 Å². The van der Waals surface area contributed by atoms with Gasteiger partial charge in [-0.3, -0.25) is 4.79 Å². The Kier molecular flexibility index (Phi) is 4.09. The van der Waals surface area contributed by atoms with E-state index in [2.05, 4.69) is 9.97 Å². The fourth-order valence-electron chi connectivity index (χ4n) is 2.15. The van der Waals surface area contributed by atoms with E-state index >= 15 is 0 Å². The Balaban J connectivity index is 1.87. The molecule has 0 spiro atoms. The van der Waals surface area contributed by atoms with E-state index in [4.69, 9.17) is 11.6 Å². The van der Waals surface area contributed by atoms with Gasteiger partial charge >= 0.3 is 0 Å². The molecule has 4 nitrogen and oxygen atoms in total. The molecule has 0 saturated carbocycles. The maximum absolute atomic E-state index is 12.5. The quantitative estimate of drug-likeness (QED) is 0.676. The minimum atomic E-state index is -0.114. The third-order valence-corrected chi connectivity index (χ3v) is 4.96. The maximum atomic E-state index is 12.5. The zero-order chi connectivity index (χ0) is 15.7. The van der Waals surface area contributed by atoms with Gasteiger partial charge in [-0.25, -0.2) is 9.97 Å². The van der Waals surface area contributed by atoms with Gasteiger partial charge in [-0.15, -0.1) is 11.3 Å². The van der Waals surface area contributed by atoms with Crippen LogP contribution in [0.4, 0.5) is 0 Å². The maximum Gasteiger partial charge on any atom is 0.254 e. The van der Waals surface area contributed by atoms with Crippen molar-refractivity contribution in [1.29, 1.82) is 0 Å². The molecule has 0 radical (unpaired) electrons. The minimum absolute atomic E-state index is 0.101. The fourth-order valence-corrected chi connectivity index (χ4v) is 3.39. The van der Waals surface area contributed by atoms with E-state index in [1.807, 2.05) is 31.2 Å². The van der Waals surface area contributed by atoms with Crippen molar-refractivity contribution in [1.82, 2.24) is 14.9 Å². The Bertz CT molecular complexity index is 800. The van der Waals surface area contributed by atoms with Gasteiger partial charge in [-0.1, -0.05) is 23.7 Å². The highest BCUT2D eigenvalue weighted by Gasteiger charge is 2.22. The first kappa shape index (κ1) is 14.9. The van der Waals surface area contributed by atoms with Crippen LogP contribution in [0.15, 0.2) is 42.6 Å². The molecule has 1 aromatic carbocycles. The standard InChI is InChI=1S/C16H14ClN3OS/c1-10(15-19-12-5-3-4-6-13(12)22-15)20(2)16(21)11-7-8-18-14(17)9-11/h3-10H,1-2H3/t10-/m0/s1. The lowest BCUT2D eigenvalue weighted by molar-refractivity contribution is 0.0742. The fraction of sp³-hybridized carbons (Fsp3) is 0.188. The van der Waals surface area contributed by atoms with Crippen LogP contribution < -0.4 is 0 Å². The predicted octanol–water partition coefficient (Wildman–Crippen LogP) is 4.18. The summed E-state index contributed by atoms with van der Waals surface area (Å²) in [7, 11) is 1.77. The van der Waals surface area contributed by atoms with E-state index in [0.29, 0.717) is 10.7 Å². The zero-order valence-corrected chi connectivity index (χ0v) is 13.7. The summed E-state index contributed by atoms with van der Waals surface area (Å²) in [5, 5.41) is 1.23. The van der Waals surface area contributed by atoms with Gasteiger partial charge in [0.05, 0.1) is 16.3 Å². The van der Waals surface area contributed by atoms with E-state index < -0.39 is 0 Å². The Morgan fingerprint density at radius 1 is 1.32 bits per heavy atom. The first-order chi connectivity index (χ1) is 10.6. The number of nitrogens with zero attached hydrogens (tertiary/aromatic N) is 3. The zero-order valence-electron chi connectivity index (χ0n) is 12.2. The van der Waals surface area contributed by atoms with Gasteiger partial charge in [-0.2, -0.15) is 0 Å². The second-order valence-electron chi connectivity index (χ2n) is 4.98. The summed E-state index contributed by atoms with van der Waals surface area (Å²) >= 11 is 7.46. The number of carbonyl (C=O) groups excluding carboxylic acids is 1. The van der Waals surface area contributed by atoms with Crippen LogP contribution in [0.3, 0.4) is 0 Å². The number of amides is 1. The van der Waals surface area contributed by atoms with Crippen molar-refractivity contribution in [3.63, 3.8) is 0 Å². The van der Waals surface area contributed by atoms with Gasteiger partial charge in [0.25, 0.3) is 5.91 Å². The van der Waals surface area contributed by atoms with Crippen molar-refractivity contribution in [2.24, 2.45) is 0 Å². The van der Waals surface area contributed by atoms with E-state index in [-0.39, 0.29) is 11.9 Å². The highest BCUT2D eigenvalue weighted by atomic mass is 35.5. The number of para-hydroxylation sites is 1. The van der Waals surface area contributed by atoms with Crippen molar-refractivity contribution in [3.05, 3.63) is 58.3 Å². The van der Waals surface area contributed by atoms with Crippen LogP contribution in [-0.2, 0) is 0 Å². The predicted molar refractivity (Wildman–Crippen MR) is 89.4 cm³/mol. The van der Waals surface area contributed by atoms with Gasteiger partial charge in [0.1, 0.15) is 10.2 Å². The molecule has 3 rings (SSSR count). The molecule has 6 heteroatoms. The minimum Gasteiger partial charge on any atom is -0.333 e. The molecule has 112 valence electrons. The average Bonchev–Trinajstić information content (AvgIpc) is 2.96. The molecule has 0 fully saturated rings. The molecule has 2 heterocycles. The molecule has 3 aromatic rings. The SMILES string of the molecule is C[C@@H](c1nc2ccccc2s1)N(C)C(=O)c1ccnc(Cl)c1. The second-order valence-corrected chi connectivity index (χ2v) is 6.43. The van der Waals surface area contributed by atoms with Gasteiger partial charge in [0.15, 0.2) is 0 Å². The average molecular weight is 332 g/mol. The first-order valence-corrected chi connectivity index (χ1v) is 8.00. The molecule has 0 aliphatic rings. The number of halogens is 1. The van der Waals surface area contributed by atoms with Gasteiger partial charge in [-0.05, 0) is 31.2 Å². The van der Waals surface area contributed by atoms with E-state index in [1.54, 1.807) is 35.4 Å². The molecule has 1 amide bonds. The molecule has 0 aliphatic heterocycles. The summed E-state index contributed by atoms with van der Waals surface area (Å²) in [5.41, 5.74) is 1.48. The van der Waals surface area contributed by atoms with E-state index in [1.165, 1.54) is 6.20 Å². The number of carbonyl (C=O) groups is 1. The molecule has 0 aliphatic carbocycles. The summed E-state index contributed by atoms with van der Waals surface area (Å²) in [6.07, 6.45) is 1.53. The second kappa shape index (κ2) is 6.02. The Labute approximate surface area is 137 Å². The summed E-state index contributed by atoms with van der Waals surface area (Å²) in [6, 6.07) is 11.1. The Morgan fingerprint density at radius 3 is 2.82 bits per heavy atom. The number of rotatable bonds is 3. The number of pyridine rings is 1. The summed E-state index contributed by atoms with van der Waals surface area (Å²) in [4.78, 5) is 22.7. The largest absolute Gasteiger partial charge is 0.333 e. The highest BCUT2D eigenvalue weighted by Crippen LogP contribution is 2.29. The Hall–Kier alpha value is -1.98. The topological polar surface area (TPSA) is 46.1 Å². The van der Waals surface area contributed by atoms with Crippen LogP contribution in [0.1, 0.15) is 28.3 Å². The molecular weight excluding hydrogens is 318 g/mol. The number of hydrogen-bond donors (Lipinski definition) is 0. The summed E-state index contributed by atoms with van der Waals surface area (Å²) in [5.74, 6) is -0.101. The summed E-state index contributed by atoms with van der Waals surface area (Å²) in [6.45, 7) is 1.97. The molecule has 0 saturated heterocycles. The lowest BCUT2D eigenvalue weighted by Gasteiger charge is -2.23. The molecule has 22 heavy (non-hydrogen) atoms.